The highest BCUT2D eigenvalue weighted by Gasteiger charge is 2.19. The van der Waals surface area contributed by atoms with Gasteiger partial charge in [-0.05, 0) is 20.8 Å². The summed E-state index contributed by atoms with van der Waals surface area (Å²) in [6.45, 7) is 14.9. The molecule has 0 heterocycles. The van der Waals surface area contributed by atoms with Crippen molar-refractivity contribution in [3.63, 3.8) is 0 Å². The second-order valence-corrected chi connectivity index (χ2v) is 4.23. The van der Waals surface area contributed by atoms with Crippen molar-refractivity contribution in [2.75, 3.05) is 66.3 Å². The van der Waals surface area contributed by atoms with Crippen molar-refractivity contribution in [1.82, 2.24) is 0 Å². The van der Waals surface area contributed by atoms with Gasteiger partial charge in [-0.1, -0.05) is 0 Å². The van der Waals surface area contributed by atoms with Gasteiger partial charge in [-0.25, -0.2) is 0 Å². The third kappa shape index (κ3) is 9.11. The normalized spacial score (nSPS) is 11.3. The van der Waals surface area contributed by atoms with E-state index in [9.17, 15) is 0 Å². The van der Waals surface area contributed by atoms with E-state index in [4.69, 9.17) is 14.2 Å². The summed E-state index contributed by atoms with van der Waals surface area (Å²) in [7, 11) is 1.68. The van der Waals surface area contributed by atoms with E-state index < -0.39 is 0 Å². The highest BCUT2D eigenvalue weighted by atomic mass is 35.5. The summed E-state index contributed by atoms with van der Waals surface area (Å²) in [6.07, 6.45) is 0. The monoisotopic (exact) mass is 283 g/mol. The molecule has 0 aromatic rings. The quantitative estimate of drug-likeness (QED) is 0.324. The Bertz CT molecular complexity index is 158. The number of halogens is 1. The van der Waals surface area contributed by atoms with Crippen LogP contribution in [-0.4, -0.2) is 70.8 Å². The van der Waals surface area contributed by atoms with E-state index in [0.29, 0.717) is 26.4 Å². The first kappa shape index (κ1) is 20.4. The number of methoxy groups -OCH3 is 1. The maximum Gasteiger partial charge on any atom is 0.102 e. The second kappa shape index (κ2) is 13.6. The van der Waals surface area contributed by atoms with E-state index in [-0.39, 0.29) is 12.4 Å². The maximum absolute atomic E-state index is 5.59. The number of quaternary nitrogens is 1. The molecular weight excluding hydrogens is 254 g/mol. The zero-order valence-electron chi connectivity index (χ0n) is 12.4. The van der Waals surface area contributed by atoms with Crippen LogP contribution < -0.4 is 12.4 Å². The first-order valence-corrected chi connectivity index (χ1v) is 6.74. The molecule has 4 nitrogen and oxygen atoms in total. The fraction of sp³-hybridized carbons (Fsp3) is 1.00. The summed E-state index contributed by atoms with van der Waals surface area (Å²) in [4.78, 5) is 0. The number of rotatable bonds is 12. The smallest absolute Gasteiger partial charge is 0.102 e. The highest BCUT2D eigenvalue weighted by Crippen LogP contribution is 2.04. The van der Waals surface area contributed by atoms with Crippen LogP contribution in [0.5, 0.6) is 0 Å². The molecule has 0 bridgehead atoms. The molecule has 0 radical (unpaired) electrons. The minimum absolute atomic E-state index is 0. The predicted octanol–water partition coefficient (Wildman–Crippen LogP) is -1.45. The summed E-state index contributed by atoms with van der Waals surface area (Å²) < 4.78 is 17.0. The van der Waals surface area contributed by atoms with Gasteiger partial charge in [-0.2, -0.15) is 0 Å². The molecule has 0 aliphatic rings. The molecule has 0 N–H and O–H groups in total. The van der Waals surface area contributed by atoms with Gasteiger partial charge < -0.3 is 31.1 Å². The second-order valence-electron chi connectivity index (χ2n) is 4.23. The third-order valence-electron chi connectivity index (χ3n) is 3.53. The average Bonchev–Trinajstić information content (AvgIpc) is 2.38. The van der Waals surface area contributed by atoms with Gasteiger partial charge in [-0.15, -0.1) is 0 Å². The Hall–Kier alpha value is 0.130. The summed E-state index contributed by atoms with van der Waals surface area (Å²) in [5, 5.41) is 0. The molecule has 112 valence electrons. The van der Waals surface area contributed by atoms with Crippen LogP contribution in [0.25, 0.3) is 0 Å². The number of hydrogen-bond acceptors (Lipinski definition) is 3. The van der Waals surface area contributed by atoms with Crippen LogP contribution >= 0.6 is 0 Å². The molecule has 0 unspecified atom stereocenters. The van der Waals surface area contributed by atoms with Crippen molar-refractivity contribution in [2.24, 2.45) is 0 Å². The fourth-order valence-corrected chi connectivity index (χ4v) is 1.87. The van der Waals surface area contributed by atoms with Crippen LogP contribution in [0, 0.1) is 0 Å². The third-order valence-corrected chi connectivity index (χ3v) is 3.53. The van der Waals surface area contributed by atoms with Gasteiger partial charge in [0.1, 0.15) is 6.54 Å². The molecule has 0 fully saturated rings. The molecule has 0 atom stereocenters. The van der Waals surface area contributed by atoms with Crippen LogP contribution in [-0.2, 0) is 14.2 Å². The zero-order chi connectivity index (χ0) is 13.0. The lowest BCUT2D eigenvalue weighted by molar-refractivity contribution is -0.923. The fourth-order valence-electron chi connectivity index (χ4n) is 1.87. The summed E-state index contributed by atoms with van der Waals surface area (Å²) in [5.41, 5.74) is 0. The molecule has 0 saturated heterocycles. The predicted molar refractivity (Wildman–Crippen MR) is 70.3 cm³/mol. The molecule has 5 heteroatoms. The Kier molecular flexibility index (Phi) is 15.4. The molecule has 0 aliphatic carbocycles. The Labute approximate surface area is 119 Å². The van der Waals surface area contributed by atoms with E-state index in [2.05, 4.69) is 20.8 Å². The minimum Gasteiger partial charge on any atom is -1.00 e. The van der Waals surface area contributed by atoms with Gasteiger partial charge in [0.05, 0.1) is 52.7 Å². The molecule has 0 spiro atoms. The average molecular weight is 284 g/mol. The molecule has 0 rings (SSSR count). The van der Waals surface area contributed by atoms with Crippen LogP contribution in [0.1, 0.15) is 20.8 Å². The number of likely N-dealkylation sites (N-methyl/N-ethyl adjacent to an activating group) is 1. The van der Waals surface area contributed by atoms with Gasteiger partial charge in [0.2, 0.25) is 0 Å². The first-order valence-electron chi connectivity index (χ1n) is 6.74. The lowest BCUT2D eigenvalue weighted by Gasteiger charge is -2.35. The summed E-state index contributed by atoms with van der Waals surface area (Å²) in [6, 6.07) is 0. The largest absolute Gasteiger partial charge is 1.00 e. The topological polar surface area (TPSA) is 27.7 Å². The molecule has 0 saturated carbocycles. The number of ether oxygens (including phenoxy) is 3. The van der Waals surface area contributed by atoms with Gasteiger partial charge in [0, 0.05) is 7.11 Å². The van der Waals surface area contributed by atoms with Gasteiger partial charge in [0.25, 0.3) is 0 Å². The van der Waals surface area contributed by atoms with E-state index in [0.717, 1.165) is 17.6 Å². The molecule has 0 aromatic carbocycles. The lowest BCUT2D eigenvalue weighted by Crippen LogP contribution is -3.00. The standard InChI is InChI=1S/C13H30NO3.ClH/c1-5-14(6-2,7-3)8-9-16-12-13-17-11-10-15-4;/h5-13H2,1-4H3;1H/q+1;/p-1. The molecule has 0 aliphatic heterocycles. The first-order chi connectivity index (χ1) is 8.24. The van der Waals surface area contributed by atoms with E-state index in [1.165, 1.54) is 19.6 Å². The lowest BCUT2D eigenvalue weighted by atomic mass is 10.3. The Balaban J connectivity index is 0. The van der Waals surface area contributed by atoms with Gasteiger partial charge >= 0.3 is 0 Å². The molecular formula is C13H30ClNO3. The van der Waals surface area contributed by atoms with Crippen molar-refractivity contribution in [3.05, 3.63) is 0 Å². The van der Waals surface area contributed by atoms with Gasteiger partial charge in [0.15, 0.2) is 0 Å². The Morgan fingerprint density at radius 3 is 1.61 bits per heavy atom. The Morgan fingerprint density at radius 2 is 1.17 bits per heavy atom. The molecule has 0 amide bonds. The SMILES string of the molecule is CC[N+](CC)(CC)CCOCCOCCOC.[Cl-]. The highest BCUT2D eigenvalue weighted by molar-refractivity contribution is 4.39. The van der Waals surface area contributed by atoms with E-state index in [1.54, 1.807) is 7.11 Å². The summed E-state index contributed by atoms with van der Waals surface area (Å²) in [5.74, 6) is 0. The van der Waals surface area contributed by atoms with Crippen molar-refractivity contribution in [1.29, 1.82) is 0 Å². The minimum atomic E-state index is 0. The van der Waals surface area contributed by atoms with Crippen LogP contribution in [0.15, 0.2) is 0 Å². The van der Waals surface area contributed by atoms with Crippen molar-refractivity contribution < 1.29 is 31.1 Å². The van der Waals surface area contributed by atoms with Crippen LogP contribution in [0.4, 0.5) is 0 Å². The maximum atomic E-state index is 5.59. The van der Waals surface area contributed by atoms with Crippen molar-refractivity contribution in [3.8, 4) is 0 Å². The summed E-state index contributed by atoms with van der Waals surface area (Å²) >= 11 is 0. The molecule has 18 heavy (non-hydrogen) atoms. The zero-order valence-corrected chi connectivity index (χ0v) is 13.2. The van der Waals surface area contributed by atoms with Crippen LogP contribution in [0.3, 0.4) is 0 Å². The number of hydrogen-bond donors (Lipinski definition) is 0. The Morgan fingerprint density at radius 1 is 0.722 bits per heavy atom. The van der Waals surface area contributed by atoms with Crippen molar-refractivity contribution in [2.45, 2.75) is 20.8 Å². The van der Waals surface area contributed by atoms with E-state index >= 15 is 0 Å². The molecule has 0 aromatic heterocycles. The van der Waals surface area contributed by atoms with E-state index in [1.807, 2.05) is 0 Å². The van der Waals surface area contributed by atoms with Gasteiger partial charge in [-0.3, -0.25) is 0 Å². The number of nitrogens with zero attached hydrogens (tertiary/aromatic N) is 1. The van der Waals surface area contributed by atoms with Crippen molar-refractivity contribution >= 4 is 0 Å². The van der Waals surface area contributed by atoms with Crippen LogP contribution in [0.2, 0.25) is 0 Å².